The predicted octanol–water partition coefficient (Wildman–Crippen LogP) is 0.512. The van der Waals surface area contributed by atoms with Gasteiger partial charge in [0.15, 0.2) is 0 Å². The Balaban J connectivity index is 2.55. The van der Waals surface area contributed by atoms with Gasteiger partial charge in [-0.15, -0.1) is 0 Å². The third-order valence-corrected chi connectivity index (χ3v) is 2.42. The van der Waals surface area contributed by atoms with Crippen LogP contribution in [-0.4, -0.2) is 34.0 Å². The molecule has 1 aromatic rings. The first-order chi connectivity index (χ1) is 7.17. The van der Waals surface area contributed by atoms with Crippen LogP contribution >= 0.6 is 0 Å². The van der Waals surface area contributed by atoms with E-state index in [0.29, 0.717) is 12.6 Å². The molecule has 0 spiro atoms. The maximum absolute atomic E-state index is 9.28. The minimum atomic E-state index is -0.681. The van der Waals surface area contributed by atoms with Crippen LogP contribution in [0.1, 0.15) is 25.5 Å². The normalized spacial score (nSPS) is 15.2. The number of aromatic nitrogens is 1. The van der Waals surface area contributed by atoms with Crippen LogP contribution in [0.3, 0.4) is 0 Å². The SMILES string of the molecule is CCNC(C)c1ccn(CC(O)CO)c1. The predicted molar refractivity (Wildman–Crippen MR) is 59.6 cm³/mol. The van der Waals surface area contributed by atoms with E-state index < -0.39 is 6.10 Å². The van der Waals surface area contributed by atoms with Crippen LogP contribution in [0.5, 0.6) is 0 Å². The zero-order valence-corrected chi connectivity index (χ0v) is 9.35. The Hall–Kier alpha value is -0.840. The van der Waals surface area contributed by atoms with Crippen molar-refractivity contribution in [2.24, 2.45) is 0 Å². The Morgan fingerprint density at radius 1 is 1.53 bits per heavy atom. The van der Waals surface area contributed by atoms with Crippen LogP contribution in [0.15, 0.2) is 18.5 Å². The van der Waals surface area contributed by atoms with Crippen molar-refractivity contribution in [3.63, 3.8) is 0 Å². The van der Waals surface area contributed by atoms with Crippen molar-refractivity contribution in [2.45, 2.75) is 32.5 Å². The lowest BCUT2D eigenvalue weighted by Gasteiger charge is -2.10. The summed E-state index contributed by atoms with van der Waals surface area (Å²) in [7, 11) is 0. The van der Waals surface area contributed by atoms with E-state index in [4.69, 9.17) is 5.11 Å². The number of hydrogen-bond acceptors (Lipinski definition) is 3. The quantitative estimate of drug-likeness (QED) is 0.644. The molecule has 0 aliphatic heterocycles. The van der Waals surface area contributed by atoms with Gasteiger partial charge in [0, 0.05) is 18.4 Å². The maximum Gasteiger partial charge on any atom is 0.0949 e. The molecule has 86 valence electrons. The Bertz CT molecular complexity index is 286. The summed E-state index contributed by atoms with van der Waals surface area (Å²) in [6, 6.07) is 2.35. The van der Waals surface area contributed by atoms with Crippen LogP contribution in [-0.2, 0) is 6.54 Å². The number of nitrogens with one attached hydrogen (secondary N) is 1. The highest BCUT2D eigenvalue weighted by Crippen LogP contribution is 2.12. The van der Waals surface area contributed by atoms with E-state index in [0.717, 1.165) is 6.54 Å². The van der Waals surface area contributed by atoms with E-state index in [2.05, 4.69) is 19.2 Å². The molecule has 4 nitrogen and oxygen atoms in total. The fraction of sp³-hybridized carbons (Fsp3) is 0.636. The van der Waals surface area contributed by atoms with E-state index in [9.17, 15) is 5.11 Å². The number of hydrogen-bond donors (Lipinski definition) is 3. The lowest BCUT2D eigenvalue weighted by Crippen LogP contribution is -2.19. The van der Waals surface area contributed by atoms with Crippen molar-refractivity contribution in [1.82, 2.24) is 9.88 Å². The Morgan fingerprint density at radius 3 is 2.87 bits per heavy atom. The van der Waals surface area contributed by atoms with Crippen LogP contribution in [0.4, 0.5) is 0 Å². The summed E-state index contributed by atoms with van der Waals surface area (Å²) in [6.07, 6.45) is 3.23. The molecule has 0 aliphatic carbocycles. The van der Waals surface area contributed by atoms with Gasteiger partial charge in [0.1, 0.15) is 0 Å². The second-order valence-electron chi connectivity index (χ2n) is 3.76. The second-order valence-corrected chi connectivity index (χ2v) is 3.76. The molecule has 15 heavy (non-hydrogen) atoms. The van der Waals surface area contributed by atoms with E-state index in [1.165, 1.54) is 5.56 Å². The smallest absolute Gasteiger partial charge is 0.0949 e. The van der Waals surface area contributed by atoms with Gasteiger partial charge in [0.05, 0.1) is 19.3 Å². The summed E-state index contributed by atoms with van der Waals surface area (Å²) in [5.74, 6) is 0. The molecule has 1 heterocycles. The zero-order chi connectivity index (χ0) is 11.3. The zero-order valence-electron chi connectivity index (χ0n) is 9.35. The van der Waals surface area contributed by atoms with Gasteiger partial charge < -0.3 is 20.1 Å². The summed E-state index contributed by atoms with van der Waals surface area (Å²) in [5, 5.41) is 21.3. The number of aliphatic hydroxyl groups excluding tert-OH is 2. The van der Waals surface area contributed by atoms with Crippen molar-refractivity contribution < 1.29 is 10.2 Å². The molecular formula is C11H20N2O2. The molecule has 3 N–H and O–H groups in total. The van der Waals surface area contributed by atoms with Crippen molar-refractivity contribution in [3.05, 3.63) is 24.0 Å². The standard InChI is InChI=1S/C11H20N2O2/c1-3-12-9(2)10-4-5-13(6-10)7-11(15)8-14/h4-6,9,11-12,14-15H,3,7-8H2,1-2H3. The highest BCUT2D eigenvalue weighted by molar-refractivity contribution is 5.14. The van der Waals surface area contributed by atoms with E-state index in [1.807, 2.05) is 23.0 Å². The third-order valence-electron chi connectivity index (χ3n) is 2.42. The van der Waals surface area contributed by atoms with Crippen molar-refractivity contribution in [1.29, 1.82) is 0 Å². The third kappa shape index (κ3) is 3.66. The molecule has 0 fully saturated rings. The van der Waals surface area contributed by atoms with Gasteiger partial charge in [-0.1, -0.05) is 6.92 Å². The first-order valence-corrected chi connectivity index (χ1v) is 5.35. The monoisotopic (exact) mass is 212 g/mol. The van der Waals surface area contributed by atoms with Crippen molar-refractivity contribution >= 4 is 0 Å². The van der Waals surface area contributed by atoms with Crippen LogP contribution in [0, 0.1) is 0 Å². The summed E-state index contributed by atoms with van der Waals surface area (Å²) in [4.78, 5) is 0. The van der Waals surface area contributed by atoms with E-state index >= 15 is 0 Å². The molecule has 2 unspecified atom stereocenters. The molecule has 0 amide bonds. The van der Waals surface area contributed by atoms with Gasteiger partial charge in [-0.05, 0) is 25.1 Å². The lowest BCUT2D eigenvalue weighted by atomic mass is 10.2. The largest absolute Gasteiger partial charge is 0.394 e. The Labute approximate surface area is 90.5 Å². The summed E-state index contributed by atoms with van der Waals surface area (Å²) in [5.41, 5.74) is 1.20. The number of nitrogens with zero attached hydrogens (tertiary/aromatic N) is 1. The molecule has 0 saturated carbocycles. The highest BCUT2D eigenvalue weighted by atomic mass is 16.3. The highest BCUT2D eigenvalue weighted by Gasteiger charge is 2.07. The summed E-state index contributed by atoms with van der Waals surface area (Å²) < 4.78 is 1.89. The first-order valence-electron chi connectivity index (χ1n) is 5.35. The molecule has 1 rings (SSSR count). The Kier molecular flexibility index (Phi) is 4.81. The van der Waals surface area contributed by atoms with Gasteiger partial charge in [-0.2, -0.15) is 0 Å². The molecule has 0 aliphatic rings. The number of rotatable bonds is 6. The minimum absolute atomic E-state index is 0.198. The minimum Gasteiger partial charge on any atom is -0.394 e. The molecule has 2 atom stereocenters. The molecule has 1 aromatic heterocycles. The molecule has 0 radical (unpaired) electrons. The molecule has 0 bridgehead atoms. The van der Waals surface area contributed by atoms with Gasteiger partial charge in [-0.25, -0.2) is 0 Å². The topological polar surface area (TPSA) is 57.4 Å². The molecule has 0 aromatic carbocycles. The van der Waals surface area contributed by atoms with Crippen LogP contribution < -0.4 is 5.32 Å². The van der Waals surface area contributed by atoms with Crippen molar-refractivity contribution in [3.8, 4) is 0 Å². The van der Waals surface area contributed by atoms with Gasteiger partial charge in [-0.3, -0.25) is 0 Å². The molecule has 0 saturated heterocycles. The lowest BCUT2D eigenvalue weighted by molar-refractivity contribution is 0.0813. The van der Waals surface area contributed by atoms with Crippen molar-refractivity contribution in [2.75, 3.05) is 13.2 Å². The summed E-state index contributed by atoms with van der Waals surface area (Å²) >= 11 is 0. The molecule has 4 heteroatoms. The summed E-state index contributed by atoms with van der Waals surface area (Å²) in [6.45, 7) is 5.35. The fourth-order valence-corrected chi connectivity index (χ4v) is 1.55. The van der Waals surface area contributed by atoms with Gasteiger partial charge >= 0.3 is 0 Å². The van der Waals surface area contributed by atoms with Crippen LogP contribution in [0.2, 0.25) is 0 Å². The average molecular weight is 212 g/mol. The van der Waals surface area contributed by atoms with Gasteiger partial charge in [0.2, 0.25) is 0 Å². The second kappa shape index (κ2) is 5.90. The number of aliphatic hydroxyl groups is 2. The van der Waals surface area contributed by atoms with E-state index in [-0.39, 0.29) is 6.61 Å². The first kappa shape index (κ1) is 12.2. The van der Waals surface area contributed by atoms with E-state index in [1.54, 1.807) is 0 Å². The molecular weight excluding hydrogens is 192 g/mol. The van der Waals surface area contributed by atoms with Gasteiger partial charge in [0.25, 0.3) is 0 Å². The Morgan fingerprint density at radius 2 is 2.27 bits per heavy atom. The maximum atomic E-state index is 9.28. The van der Waals surface area contributed by atoms with Crippen LogP contribution in [0.25, 0.3) is 0 Å². The fourth-order valence-electron chi connectivity index (χ4n) is 1.55. The average Bonchev–Trinajstić information content (AvgIpc) is 2.66.